The standard InChI is InChI=1S/C13H11ClN4O/c1-19-12-3-2-8(14)6-11(12)18-10-4-5-16-13(15)9(10)7-17-18/h2-7H,1H3,(H2,15,16). The van der Waals surface area contributed by atoms with Crippen LogP contribution in [-0.2, 0) is 0 Å². The predicted octanol–water partition coefficient (Wildman–Crippen LogP) is 2.66. The average molecular weight is 275 g/mol. The maximum atomic E-state index is 6.04. The van der Waals surface area contributed by atoms with Gasteiger partial charge in [0.05, 0.1) is 24.2 Å². The minimum atomic E-state index is 0.449. The molecule has 2 N–H and O–H groups in total. The van der Waals surface area contributed by atoms with E-state index in [0.29, 0.717) is 16.6 Å². The second-order valence-corrected chi connectivity index (χ2v) is 4.44. The van der Waals surface area contributed by atoms with Crippen LogP contribution in [0.1, 0.15) is 0 Å². The summed E-state index contributed by atoms with van der Waals surface area (Å²) in [5.41, 5.74) is 7.44. The molecule has 0 bridgehead atoms. The number of aromatic nitrogens is 3. The molecule has 5 nitrogen and oxygen atoms in total. The fraction of sp³-hybridized carbons (Fsp3) is 0.0769. The highest BCUT2D eigenvalue weighted by Crippen LogP contribution is 2.29. The predicted molar refractivity (Wildman–Crippen MR) is 74.8 cm³/mol. The zero-order chi connectivity index (χ0) is 13.4. The minimum absolute atomic E-state index is 0.449. The van der Waals surface area contributed by atoms with E-state index in [0.717, 1.165) is 16.6 Å². The Balaban J connectivity index is 2.30. The lowest BCUT2D eigenvalue weighted by Gasteiger charge is -2.10. The number of benzene rings is 1. The summed E-state index contributed by atoms with van der Waals surface area (Å²) in [4.78, 5) is 4.04. The fourth-order valence-corrected chi connectivity index (χ4v) is 2.16. The maximum absolute atomic E-state index is 6.04. The number of rotatable bonds is 2. The lowest BCUT2D eigenvalue weighted by molar-refractivity contribution is 0.412. The summed E-state index contributed by atoms with van der Waals surface area (Å²) in [7, 11) is 1.61. The molecule has 3 rings (SSSR count). The van der Waals surface area contributed by atoms with Crippen molar-refractivity contribution < 1.29 is 4.74 Å². The van der Waals surface area contributed by atoms with Crippen molar-refractivity contribution in [3.63, 3.8) is 0 Å². The topological polar surface area (TPSA) is 66.0 Å². The lowest BCUT2D eigenvalue weighted by atomic mass is 10.2. The third kappa shape index (κ3) is 1.88. The van der Waals surface area contributed by atoms with Gasteiger partial charge < -0.3 is 10.5 Å². The SMILES string of the molecule is COc1ccc(Cl)cc1-n1ncc2c(N)nccc21. The van der Waals surface area contributed by atoms with E-state index in [1.165, 1.54) is 0 Å². The van der Waals surface area contributed by atoms with E-state index < -0.39 is 0 Å². The van der Waals surface area contributed by atoms with Crippen molar-refractivity contribution >= 4 is 28.3 Å². The number of nitrogens with two attached hydrogens (primary N) is 1. The van der Waals surface area contributed by atoms with Crippen molar-refractivity contribution in [2.45, 2.75) is 0 Å². The molecule has 1 aromatic carbocycles. The normalized spacial score (nSPS) is 10.8. The van der Waals surface area contributed by atoms with Gasteiger partial charge in [-0.25, -0.2) is 9.67 Å². The number of nitrogens with zero attached hydrogens (tertiary/aromatic N) is 3. The van der Waals surface area contributed by atoms with Gasteiger partial charge in [0.25, 0.3) is 0 Å². The van der Waals surface area contributed by atoms with Crippen LogP contribution < -0.4 is 10.5 Å². The van der Waals surface area contributed by atoms with Crippen LogP contribution in [-0.4, -0.2) is 21.9 Å². The van der Waals surface area contributed by atoms with E-state index in [1.807, 2.05) is 6.07 Å². The van der Waals surface area contributed by atoms with Gasteiger partial charge in [0, 0.05) is 11.2 Å². The van der Waals surface area contributed by atoms with E-state index in [4.69, 9.17) is 22.1 Å². The van der Waals surface area contributed by atoms with Crippen LogP contribution in [0.3, 0.4) is 0 Å². The fourth-order valence-electron chi connectivity index (χ4n) is 1.99. The molecule has 0 amide bonds. The molecule has 0 aliphatic carbocycles. The number of anilines is 1. The van der Waals surface area contributed by atoms with E-state index in [2.05, 4.69) is 10.1 Å². The number of pyridine rings is 1. The van der Waals surface area contributed by atoms with Gasteiger partial charge in [0.1, 0.15) is 17.3 Å². The molecule has 0 aliphatic heterocycles. The van der Waals surface area contributed by atoms with E-state index in [9.17, 15) is 0 Å². The molecule has 0 fully saturated rings. The van der Waals surface area contributed by atoms with Crippen LogP contribution in [0, 0.1) is 0 Å². The highest BCUT2D eigenvalue weighted by atomic mass is 35.5. The molecule has 19 heavy (non-hydrogen) atoms. The number of hydrogen-bond donors (Lipinski definition) is 1. The van der Waals surface area contributed by atoms with Gasteiger partial charge >= 0.3 is 0 Å². The second kappa shape index (κ2) is 4.44. The Kier molecular flexibility index (Phi) is 2.76. The smallest absolute Gasteiger partial charge is 0.144 e. The molecule has 0 saturated heterocycles. The number of ether oxygens (including phenoxy) is 1. The largest absolute Gasteiger partial charge is 0.494 e. The van der Waals surface area contributed by atoms with Gasteiger partial charge in [0.2, 0.25) is 0 Å². The minimum Gasteiger partial charge on any atom is -0.494 e. The van der Waals surface area contributed by atoms with Crippen molar-refractivity contribution in [1.29, 1.82) is 0 Å². The lowest BCUT2D eigenvalue weighted by Crippen LogP contribution is -2.00. The molecule has 2 aromatic heterocycles. The molecule has 0 aliphatic rings. The monoisotopic (exact) mass is 274 g/mol. The van der Waals surface area contributed by atoms with Gasteiger partial charge in [-0.1, -0.05) is 11.6 Å². The van der Waals surface area contributed by atoms with Gasteiger partial charge in [-0.05, 0) is 24.3 Å². The first kappa shape index (κ1) is 11.8. The molecular weight excluding hydrogens is 264 g/mol. The third-order valence-corrected chi connectivity index (χ3v) is 3.13. The zero-order valence-electron chi connectivity index (χ0n) is 10.2. The number of halogens is 1. The number of methoxy groups -OCH3 is 1. The van der Waals surface area contributed by atoms with Crippen LogP contribution in [0.15, 0.2) is 36.7 Å². The van der Waals surface area contributed by atoms with Gasteiger partial charge in [-0.3, -0.25) is 0 Å². The number of hydrogen-bond acceptors (Lipinski definition) is 4. The molecule has 0 saturated carbocycles. The third-order valence-electron chi connectivity index (χ3n) is 2.90. The van der Waals surface area contributed by atoms with Gasteiger partial charge in [0.15, 0.2) is 0 Å². The quantitative estimate of drug-likeness (QED) is 0.780. The molecule has 2 heterocycles. The first-order chi connectivity index (χ1) is 9.20. The molecule has 3 aromatic rings. The molecule has 96 valence electrons. The second-order valence-electron chi connectivity index (χ2n) is 4.00. The first-order valence-electron chi connectivity index (χ1n) is 5.63. The number of fused-ring (bicyclic) bond motifs is 1. The zero-order valence-corrected chi connectivity index (χ0v) is 10.9. The summed E-state index contributed by atoms with van der Waals surface area (Å²) >= 11 is 6.04. The Morgan fingerprint density at radius 2 is 2.16 bits per heavy atom. The Morgan fingerprint density at radius 1 is 1.32 bits per heavy atom. The summed E-state index contributed by atoms with van der Waals surface area (Å²) < 4.78 is 7.07. The molecule has 6 heteroatoms. The summed E-state index contributed by atoms with van der Waals surface area (Å²) in [5, 5.41) is 5.74. The van der Waals surface area contributed by atoms with Crippen LogP contribution in [0.2, 0.25) is 5.02 Å². The Labute approximate surface area is 114 Å². The average Bonchev–Trinajstić information content (AvgIpc) is 2.84. The molecule has 0 atom stereocenters. The van der Waals surface area contributed by atoms with Crippen molar-refractivity contribution in [1.82, 2.24) is 14.8 Å². The Hall–Kier alpha value is -2.27. The highest BCUT2D eigenvalue weighted by molar-refractivity contribution is 6.30. The van der Waals surface area contributed by atoms with Crippen LogP contribution in [0.25, 0.3) is 16.6 Å². The van der Waals surface area contributed by atoms with Crippen LogP contribution in [0.4, 0.5) is 5.82 Å². The van der Waals surface area contributed by atoms with E-state index in [-0.39, 0.29) is 0 Å². The summed E-state index contributed by atoms with van der Waals surface area (Å²) in [5.74, 6) is 1.13. The van der Waals surface area contributed by atoms with Crippen molar-refractivity contribution in [3.05, 3.63) is 41.7 Å². The van der Waals surface area contributed by atoms with Gasteiger partial charge in [-0.2, -0.15) is 5.10 Å². The van der Waals surface area contributed by atoms with Crippen LogP contribution in [0.5, 0.6) is 5.75 Å². The summed E-state index contributed by atoms with van der Waals surface area (Å²) in [6.07, 6.45) is 3.32. The summed E-state index contributed by atoms with van der Waals surface area (Å²) in [6, 6.07) is 7.21. The first-order valence-corrected chi connectivity index (χ1v) is 6.00. The summed E-state index contributed by atoms with van der Waals surface area (Å²) in [6.45, 7) is 0. The molecule has 0 radical (unpaired) electrons. The van der Waals surface area contributed by atoms with Crippen molar-refractivity contribution in [2.75, 3.05) is 12.8 Å². The maximum Gasteiger partial charge on any atom is 0.144 e. The molecular formula is C13H11ClN4O. The van der Waals surface area contributed by atoms with Crippen molar-refractivity contribution in [2.24, 2.45) is 0 Å². The van der Waals surface area contributed by atoms with Gasteiger partial charge in [-0.15, -0.1) is 0 Å². The van der Waals surface area contributed by atoms with E-state index in [1.54, 1.807) is 42.4 Å². The molecule has 0 unspecified atom stereocenters. The van der Waals surface area contributed by atoms with Crippen LogP contribution >= 0.6 is 11.6 Å². The number of nitrogen functional groups attached to an aromatic ring is 1. The Morgan fingerprint density at radius 3 is 2.95 bits per heavy atom. The van der Waals surface area contributed by atoms with Crippen molar-refractivity contribution in [3.8, 4) is 11.4 Å². The van der Waals surface area contributed by atoms with E-state index >= 15 is 0 Å². The highest BCUT2D eigenvalue weighted by Gasteiger charge is 2.12. The Bertz CT molecular complexity index is 753. The molecule has 0 spiro atoms.